The van der Waals surface area contributed by atoms with Crippen molar-refractivity contribution in [2.24, 2.45) is 11.8 Å². The van der Waals surface area contributed by atoms with Gasteiger partial charge in [-0.2, -0.15) is 0 Å². The molecular weight excluding hydrogens is 238 g/mol. The van der Waals surface area contributed by atoms with E-state index in [1.165, 1.54) is 0 Å². The number of aryl methyl sites for hydroxylation is 1. The number of piperidine rings is 1. The summed E-state index contributed by atoms with van der Waals surface area (Å²) in [4.78, 5) is 14.4. The molecule has 2 rings (SSSR count). The van der Waals surface area contributed by atoms with Crippen LogP contribution < -0.4 is 0 Å². The molecule has 0 aromatic heterocycles. The quantitative estimate of drug-likeness (QED) is 0.888. The fourth-order valence-electron chi connectivity index (χ4n) is 2.83. The summed E-state index contributed by atoms with van der Waals surface area (Å²) in [6, 6.07) is 4.96. The molecule has 1 aliphatic heterocycles. The number of hydrogen-bond donors (Lipinski definition) is 1. The van der Waals surface area contributed by atoms with E-state index in [9.17, 15) is 9.90 Å². The summed E-state index contributed by atoms with van der Waals surface area (Å²) in [6.07, 6.45) is 2.20. The van der Waals surface area contributed by atoms with E-state index in [0.29, 0.717) is 11.5 Å². The number of carbonyl (C=O) groups is 1. The van der Waals surface area contributed by atoms with Gasteiger partial charge in [0.15, 0.2) is 0 Å². The Morgan fingerprint density at radius 1 is 1.32 bits per heavy atom. The van der Waals surface area contributed by atoms with Gasteiger partial charge in [0, 0.05) is 18.7 Å². The maximum atomic E-state index is 12.5. The minimum atomic E-state index is 0.0970. The lowest BCUT2D eigenvalue weighted by Crippen LogP contribution is -2.39. The molecule has 0 bridgehead atoms. The highest BCUT2D eigenvalue weighted by molar-refractivity contribution is 5.95. The Balaban J connectivity index is 2.05. The van der Waals surface area contributed by atoms with E-state index in [-0.39, 0.29) is 11.7 Å². The molecule has 1 aromatic rings. The van der Waals surface area contributed by atoms with Gasteiger partial charge in [0.05, 0.1) is 0 Å². The summed E-state index contributed by atoms with van der Waals surface area (Å²) in [7, 11) is 0. The predicted molar refractivity (Wildman–Crippen MR) is 76.3 cm³/mol. The van der Waals surface area contributed by atoms with Crippen LogP contribution in [0.1, 0.15) is 42.6 Å². The summed E-state index contributed by atoms with van der Waals surface area (Å²) in [5.74, 6) is 1.75. The van der Waals surface area contributed by atoms with Gasteiger partial charge >= 0.3 is 0 Å². The van der Waals surface area contributed by atoms with Gasteiger partial charge in [-0.25, -0.2) is 0 Å². The van der Waals surface area contributed by atoms with Crippen molar-refractivity contribution in [2.75, 3.05) is 13.1 Å². The average Bonchev–Trinajstić information content (AvgIpc) is 2.38. The Kier molecular flexibility index (Phi) is 4.13. The number of rotatable bonds is 2. The molecular formula is C16H23NO2. The fraction of sp³-hybridized carbons (Fsp3) is 0.562. The van der Waals surface area contributed by atoms with E-state index < -0.39 is 0 Å². The summed E-state index contributed by atoms with van der Waals surface area (Å²) < 4.78 is 0. The highest BCUT2D eigenvalue weighted by atomic mass is 16.3. The summed E-state index contributed by atoms with van der Waals surface area (Å²) >= 11 is 0. The van der Waals surface area contributed by atoms with Crippen LogP contribution in [0.25, 0.3) is 0 Å². The third kappa shape index (κ3) is 3.09. The molecule has 19 heavy (non-hydrogen) atoms. The van der Waals surface area contributed by atoms with Crippen molar-refractivity contribution in [3.63, 3.8) is 0 Å². The number of aromatic hydroxyl groups is 1. The van der Waals surface area contributed by atoms with Gasteiger partial charge < -0.3 is 10.0 Å². The smallest absolute Gasteiger partial charge is 0.254 e. The van der Waals surface area contributed by atoms with Crippen LogP contribution in [0.15, 0.2) is 18.2 Å². The average molecular weight is 261 g/mol. The standard InChI is InChI=1S/C16H23NO2/c1-11(2)13-6-8-17(9-7-13)16(19)15-5-4-14(18)10-12(15)3/h4-5,10-11,13,18H,6-9H2,1-3H3. The van der Waals surface area contributed by atoms with E-state index in [2.05, 4.69) is 13.8 Å². The molecule has 1 aromatic carbocycles. The second-order valence-corrected chi connectivity index (χ2v) is 5.87. The van der Waals surface area contributed by atoms with Crippen molar-refractivity contribution < 1.29 is 9.90 Å². The molecule has 0 saturated carbocycles. The maximum Gasteiger partial charge on any atom is 0.254 e. The van der Waals surface area contributed by atoms with Gasteiger partial charge in [-0.1, -0.05) is 13.8 Å². The molecule has 1 N–H and O–H groups in total. The van der Waals surface area contributed by atoms with Gasteiger partial charge in [0.25, 0.3) is 5.91 Å². The van der Waals surface area contributed by atoms with Crippen molar-refractivity contribution >= 4 is 5.91 Å². The first-order chi connectivity index (χ1) is 8.99. The van der Waals surface area contributed by atoms with Crippen molar-refractivity contribution in [1.82, 2.24) is 4.90 Å². The fourth-order valence-corrected chi connectivity index (χ4v) is 2.83. The lowest BCUT2D eigenvalue weighted by Gasteiger charge is -2.34. The predicted octanol–water partition coefficient (Wildman–Crippen LogP) is 3.21. The number of phenols is 1. The molecule has 3 heteroatoms. The molecule has 1 saturated heterocycles. The largest absolute Gasteiger partial charge is 0.508 e. The highest BCUT2D eigenvalue weighted by Gasteiger charge is 2.25. The van der Waals surface area contributed by atoms with Crippen molar-refractivity contribution in [2.45, 2.75) is 33.6 Å². The van der Waals surface area contributed by atoms with Gasteiger partial charge in [-0.3, -0.25) is 4.79 Å². The number of carbonyl (C=O) groups excluding carboxylic acids is 1. The third-order valence-corrected chi connectivity index (χ3v) is 4.21. The number of nitrogens with zero attached hydrogens (tertiary/aromatic N) is 1. The Morgan fingerprint density at radius 3 is 2.47 bits per heavy atom. The lowest BCUT2D eigenvalue weighted by molar-refractivity contribution is 0.0667. The lowest BCUT2D eigenvalue weighted by atomic mass is 9.86. The van der Waals surface area contributed by atoms with Gasteiger partial charge in [0.1, 0.15) is 5.75 Å². The molecule has 104 valence electrons. The van der Waals surface area contributed by atoms with E-state index >= 15 is 0 Å². The van der Waals surface area contributed by atoms with Crippen molar-refractivity contribution in [3.8, 4) is 5.75 Å². The Bertz CT molecular complexity index is 460. The van der Waals surface area contributed by atoms with E-state index in [0.717, 1.165) is 37.4 Å². The molecule has 0 atom stereocenters. The second-order valence-electron chi connectivity index (χ2n) is 5.87. The third-order valence-electron chi connectivity index (χ3n) is 4.21. The van der Waals surface area contributed by atoms with Crippen LogP contribution in [0.4, 0.5) is 0 Å². The zero-order valence-electron chi connectivity index (χ0n) is 12.0. The molecule has 0 spiro atoms. The second kappa shape index (κ2) is 5.64. The van der Waals surface area contributed by atoms with Gasteiger partial charge in [0.2, 0.25) is 0 Å². The minimum absolute atomic E-state index is 0.0970. The van der Waals surface area contributed by atoms with Crippen molar-refractivity contribution in [1.29, 1.82) is 0 Å². The van der Waals surface area contributed by atoms with Crippen LogP contribution in [0.2, 0.25) is 0 Å². The first-order valence-electron chi connectivity index (χ1n) is 7.08. The van der Waals surface area contributed by atoms with Gasteiger partial charge in [-0.05, 0) is 55.4 Å². The Hall–Kier alpha value is -1.51. The Morgan fingerprint density at radius 2 is 1.95 bits per heavy atom. The van der Waals surface area contributed by atoms with Crippen LogP contribution in [0, 0.1) is 18.8 Å². The first kappa shape index (κ1) is 13.9. The number of amides is 1. The zero-order chi connectivity index (χ0) is 14.0. The topological polar surface area (TPSA) is 40.5 Å². The molecule has 1 amide bonds. The molecule has 1 aliphatic rings. The van der Waals surface area contributed by atoms with Crippen LogP contribution in [-0.4, -0.2) is 29.0 Å². The van der Waals surface area contributed by atoms with E-state index in [4.69, 9.17) is 0 Å². The molecule has 1 fully saturated rings. The zero-order valence-corrected chi connectivity index (χ0v) is 12.0. The van der Waals surface area contributed by atoms with Crippen LogP contribution in [0.5, 0.6) is 5.75 Å². The first-order valence-corrected chi connectivity index (χ1v) is 7.08. The van der Waals surface area contributed by atoms with Crippen LogP contribution in [0.3, 0.4) is 0 Å². The highest BCUT2D eigenvalue weighted by Crippen LogP contribution is 2.26. The number of likely N-dealkylation sites (tertiary alicyclic amines) is 1. The van der Waals surface area contributed by atoms with E-state index in [1.807, 2.05) is 11.8 Å². The Labute approximate surface area is 115 Å². The molecule has 0 radical (unpaired) electrons. The van der Waals surface area contributed by atoms with Gasteiger partial charge in [-0.15, -0.1) is 0 Å². The monoisotopic (exact) mass is 261 g/mol. The van der Waals surface area contributed by atoms with Crippen LogP contribution >= 0.6 is 0 Å². The summed E-state index contributed by atoms with van der Waals surface area (Å²) in [5.41, 5.74) is 1.55. The maximum absolute atomic E-state index is 12.5. The molecule has 0 unspecified atom stereocenters. The number of hydrogen-bond acceptors (Lipinski definition) is 2. The van der Waals surface area contributed by atoms with Crippen LogP contribution in [-0.2, 0) is 0 Å². The molecule has 1 heterocycles. The summed E-state index contributed by atoms with van der Waals surface area (Å²) in [5, 5.41) is 9.40. The molecule has 3 nitrogen and oxygen atoms in total. The minimum Gasteiger partial charge on any atom is -0.508 e. The normalized spacial score (nSPS) is 16.9. The SMILES string of the molecule is Cc1cc(O)ccc1C(=O)N1CCC(C(C)C)CC1. The number of phenolic OH excluding ortho intramolecular Hbond substituents is 1. The van der Waals surface area contributed by atoms with E-state index in [1.54, 1.807) is 18.2 Å². The number of benzene rings is 1. The summed E-state index contributed by atoms with van der Waals surface area (Å²) in [6.45, 7) is 8.08. The molecule has 0 aliphatic carbocycles. The van der Waals surface area contributed by atoms with Crippen molar-refractivity contribution in [3.05, 3.63) is 29.3 Å².